The van der Waals surface area contributed by atoms with Gasteiger partial charge in [-0.15, -0.1) is 0 Å². The number of anilines is 1. The number of hydrogen-bond donors (Lipinski definition) is 2. The van der Waals surface area contributed by atoms with Gasteiger partial charge in [-0.1, -0.05) is 22.9 Å². The number of hydrogen-bond acceptors (Lipinski definition) is 2. The van der Waals surface area contributed by atoms with Crippen molar-refractivity contribution in [3.63, 3.8) is 0 Å². The number of amides is 2. The Balaban J connectivity index is 2.98. The fourth-order valence-corrected chi connectivity index (χ4v) is 2.23. The number of carbonyl (C=O) groups is 2. The number of halogens is 1. The van der Waals surface area contributed by atoms with Crippen molar-refractivity contribution in [2.45, 2.75) is 33.2 Å². The van der Waals surface area contributed by atoms with E-state index in [9.17, 15) is 9.59 Å². The summed E-state index contributed by atoms with van der Waals surface area (Å²) in [6.07, 6.45) is 0.841. The van der Waals surface area contributed by atoms with Gasteiger partial charge in [0.25, 0.3) is 0 Å². The molecule has 1 rings (SSSR count). The molecule has 1 atom stereocenters. The lowest BCUT2D eigenvalue weighted by Crippen LogP contribution is -2.41. The van der Waals surface area contributed by atoms with Gasteiger partial charge in [-0.05, 0) is 38.5 Å². The Hall–Kier alpha value is -1.56. The summed E-state index contributed by atoms with van der Waals surface area (Å²) >= 11 is 3.22. The second-order valence-electron chi connectivity index (χ2n) is 4.47. The topological polar surface area (TPSA) is 69.6 Å². The maximum Gasteiger partial charge on any atom is 0.337 e. The first-order chi connectivity index (χ1) is 9.40. The highest BCUT2D eigenvalue weighted by atomic mass is 79.9. The lowest BCUT2D eigenvalue weighted by atomic mass is 10.2. The number of nitrogens with one attached hydrogen (secondary N) is 1. The standard InChI is InChI=1S/C14H19BrN2O3/c1-4-9(3)17(5-2)14(20)16-12-7-6-10(15)8-11(12)13(18)19/h6-9H,4-5H2,1-3H3,(H,16,20)(H,18,19). The largest absolute Gasteiger partial charge is 0.478 e. The van der Waals surface area contributed by atoms with Crippen molar-refractivity contribution in [3.8, 4) is 0 Å². The second-order valence-corrected chi connectivity index (χ2v) is 5.38. The summed E-state index contributed by atoms with van der Waals surface area (Å²) in [4.78, 5) is 25.1. The molecular weight excluding hydrogens is 324 g/mol. The van der Waals surface area contributed by atoms with Crippen LogP contribution in [0.25, 0.3) is 0 Å². The second kappa shape index (κ2) is 7.28. The number of carboxylic acids is 1. The first-order valence-corrected chi connectivity index (χ1v) is 7.30. The first kappa shape index (κ1) is 16.5. The van der Waals surface area contributed by atoms with Crippen LogP contribution in [0.15, 0.2) is 22.7 Å². The van der Waals surface area contributed by atoms with Crippen molar-refractivity contribution in [3.05, 3.63) is 28.2 Å². The van der Waals surface area contributed by atoms with Crippen LogP contribution in [0.3, 0.4) is 0 Å². The van der Waals surface area contributed by atoms with E-state index in [-0.39, 0.29) is 17.6 Å². The zero-order chi connectivity index (χ0) is 15.3. The number of nitrogens with zero attached hydrogens (tertiary/aromatic N) is 1. The molecule has 0 saturated heterocycles. The molecule has 0 heterocycles. The molecule has 0 bridgehead atoms. The number of carbonyl (C=O) groups excluding carboxylic acids is 1. The number of benzene rings is 1. The van der Waals surface area contributed by atoms with Gasteiger partial charge in [0.05, 0.1) is 11.3 Å². The third-order valence-electron chi connectivity index (χ3n) is 3.18. The molecule has 1 unspecified atom stereocenters. The van der Waals surface area contributed by atoms with Crippen LogP contribution in [0.4, 0.5) is 10.5 Å². The van der Waals surface area contributed by atoms with E-state index >= 15 is 0 Å². The summed E-state index contributed by atoms with van der Waals surface area (Å²) in [5.41, 5.74) is 0.361. The summed E-state index contributed by atoms with van der Waals surface area (Å²) in [6.45, 7) is 6.43. The maximum absolute atomic E-state index is 12.2. The van der Waals surface area contributed by atoms with Crippen LogP contribution in [0, 0.1) is 0 Å². The zero-order valence-electron chi connectivity index (χ0n) is 11.8. The molecule has 20 heavy (non-hydrogen) atoms. The van der Waals surface area contributed by atoms with E-state index in [0.29, 0.717) is 16.7 Å². The minimum absolute atomic E-state index is 0.0629. The Morgan fingerprint density at radius 1 is 1.40 bits per heavy atom. The van der Waals surface area contributed by atoms with Crippen molar-refractivity contribution in [2.75, 3.05) is 11.9 Å². The molecule has 0 fully saturated rings. The molecule has 0 aliphatic carbocycles. The molecule has 0 saturated carbocycles. The number of rotatable bonds is 5. The van der Waals surface area contributed by atoms with Gasteiger partial charge < -0.3 is 15.3 Å². The average molecular weight is 343 g/mol. The molecule has 0 radical (unpaired) electrons. The zero-order valence-corrected chi connectivity index (χ0v) is 13.4. The minimum atomic E-state index is -1.08. The molecule has 1 aromatic carbocycles. The molecule has 0 aromatic heterocycles. The van der Waals surface area contributed by atoms with Crippen LogP contribution >= 0.6 is 15.9 Å². The maximum atomic E-state index is 12.2. The normalized spacial score (nSPS) is 11.8. The highest BCUT2D eigenvalue weighted by molar-refractivity contribution is 9.10. The molecule has 110 valence electrons. The monoisotopic (exact) mass is 342 g/mol. The third kappa shape index (κ3) is 3.96. The highest BCUT2D eigenvalue weighted by Gasteiger charge is 2.19. The molecule has 6 heteroatoms. The lowest BCUT2D eigenvalue weighted by Gasteiger charge is -2.27. The summed E-state index contributed by atoms with van der Waals surface area (Å²) in [5, 5.41) is 11.8. The molecule has 2 N–H and O–H groups in total. The molecule has 5 nitrogen and oxygen atoms in total. The van der Waals surface area contributed by atoms with E-state index in [2.05, 4.69) is 21.2 Å². The van der Waals surface area contributed by atoms with Crippen LogP contribution in [0.1, 0.15) is 37.6 Å². The Morgan fingerprint density at radius 3 is 2.55 bits per heavy atom. The Labute approximate surface area is 127 Å². The highest BCUT2D eigenvalue weighted by Crippen LogP contribution is 2.22. The van der Waals surface area contributed by atoms with E-state index in [1.807, 2.05) is 20.8 Å². The first-order valence-electron chi connectivity index (χ1n) is 6.51. The summed E-state index contributed by atoms with van der Waals surface area (Å²) in [7, 11) is 0. The number of carboxylic acid groups (broad SMARTS) is 1. The average Bonchev–Trinajstić information content (AvgIpc) is 2.41. The summed E-state index contributed by atoms with van der Waals surface area (Å²) in [5.74, 6) is -1.08. The Morgan fingerprint density at radius 2 is 2.05 bits per heavy atom. The molecule has 0 spiro atoms. The van der Waals surface area contributed by atoms with Crippen LogP contribution < -0.4 is 5.32 Å². The van der Waals surface area contributed by atoms with Gasteiger partial charge >= 0.3 is 12.0 Å². The minimum Gasteiger partial charge on any atom is -0.478 e. The van der Waals surface area contributed by atoms with Crippen molar-refractivity contribution in [1.29, 1.82) is 0 Å². The van der Waals surface area contributed by atoms with Gasteiger partial charge in [-0.2, -0.15) is 0 Å². The van der Waals surface area contributed by atoms with E-state index in [4.69, 9.17) is 5.11 Å². The third-order valence-corrected chi connectivity index (χ3v) is 3.67. The molecule has 1 aromatic rings. The van der Waals surface area contributed by atoms with Crippen molar-refractivity contribution >= 4 is 33.6 Å². The summed E-state index contributed by atoms with van der Waals surface area (Å²) < 4.78 is 0.655. The van der Waals surface area contributed by atoms with Gasteiger partial charge in [0.15, 0.2) is 0 Å². The van der Waals surface area contributed by atoms with E-state index in [1.54, 1.807) is 17.0 Å². The van der Waals surface area contributed by atoms with Crippen LogP contribution in [0.2, 0.25) is 0 Å². The molecular formula is C14H19BrN2O3. The smallest absolute Gasteiger partial charge is 0.337 e. The number of aromatic carboxylic acids is 1. The van der Waals surface area contributed by atoms with Crippen molar-refractivity contribution in [1.82, 2.24) is 4.90 Å². The Bertz CT molecular complexity index is 505. The lowest BCUT2D eigenvalue weighted by molar-refractivity contribution is 0.0698. The predicted octanol–water partition coefficient (Wildman–Crippen LogP) is 3.80. The van der Waals surface area contributed by atoms with Crippen molar-refractivity contribution < 1.29 is 14.7 Å². The SMILES string of the molecule is CCC(C)N(CC)C(=O)Nc1ccc(Br)cc1C(=O)O. The van der Waals surface area contributed by atoms with E-state index in [1.165, 1.54) is 6.07 Å². The number of urea groups is 1. The molecule has 0 aliphatic heterocycles. The van der Waals surface area contributed by atoms with Crippen LogP contribution in [-0.4, -0.2) is 34.6 Å². The van der Waals surface area contributed by atoms with Crippen LogP contribution in [-0.2, 0) is 0 Å². The van der Waals surface area contributed by atoms with E-state index in [0.717, 1.165) is 6.42 Å². The quantitative estimate of drug-likeness (QED) is 0.854. The van der Waals surface area contributed by atoms with Gasteiger partial charge in [0.2, 0.25) is 0 Å². The molecule has 2 amide bonds. The summed E-state index contributed by atoms with van der Waals surface area (Å²) in [6, 6.07) is 4.56. The van der Waals surface area contributed by atoms with E-state index < -0.39 is 5.97 Å². The fraction of sp³-hybridized carbons (Fsp3) is 0.429. The van der Waals surface area contributed by atoms with Gasteiger partial charge in [0.1, 0.15) is 0 Å². The fourth-order valence-electron chi connectivity index (χ4n) is 1.87. The Kier molecular flexibility index (Phi) is 6.01. The predicted molar refractivity (Wildman–Crippen MR) is 82.3 cm³/mol. The van der Waals surface area contributed by atoms with Gasteiger partial charge in [0, 0.05) is 17.1 Å². The van der Waals surface area contributed by atoms with Crippen molar-refractivity contribution in [2.24, 2.45) is 0 Å². The van der Waals surface area contributed by atoms with Gasteiger partial charge in [-0.25, -0.2) is 9.59 Å². The van der Waals surface area contributed by atoms with Crippen LogP contribution in [0.5, 0.6) is 0 Å². The molecule has 0 aliphatic rings. The van der Waals surface area contributed by atoms with Gasteiger partial charge in [-0.3, -0.25) is 0 Å².